The van der Waals surface area contributed by atoms with Crippen LogP contribution in [-0.4, -0.2) is 26.7 Å². The lowest BCUT2D eigenvalue weighted by molar-refractivity contribution is 0.0937. The lowest BCUT2D eigenvalue weighted by Gasteiger charge is -2.15. The van der Waals surface area contributed by atoms with Crippen LogP contribution >= 0.6 is 0 Å². The van der Waals surface area contributed by atoms with E-state index in [0.29, 0.717) is 11.5 Å². The van der Waals surface area contributed by atoms with Gasteiger partial charge in [0.2, 0.25) is 0 Å². The molecule has 2 rings (SSSR count). The number of aromatic nitrogens is 3. The second kappa shape index (κ2) is 7.11. The summed E-state index contributed by atoms with van der Waals surface area (Å²) < 4.78 is 1.76. The molecule has 1 unspecified atom stereocenters. The zero-order valence-corrected chi connectivity index (χ0v) is 15.1. The van der Waals surface area contributed by atoms with Crippen molar-refractivity contribution >= 4 is 16.9 Å². The molecule has 0 fully saturated rings. The number of nitrogens with one attached hydrogen (secondary N) is 1. The van der Waals surface area contributed by atoms with E-state index in [4.69, 9.17) is 0 Å². The van der Waals surface area contributed by atoms with Gasteiger partial charge in [0, 0.05) is 18.5 Å². The molecule has 0 spiro atoms. The van der Waals surface area contributed by atoms with E-state index in [-0.39, 0.29) is 11.9 Å². The maximum atomic E-state index is 12.6. The minimum Gasteiger partial charge on any atom is -0.350 e. The average Bonchev–Trinajstić information content (AvgIpc) is 2.72. The SMILES string of the molecule is Cc1nc2c(cc1C(=O)NC(C)CCCC(C)C)c(C)nn2C. The van der Waals surface area contributed by atoms with Crippen LogP contribution in [0.1, 0.15) is 61.8 Å². The standard InChI is InChI=1S/C18H28N4O/c1-11(2)8-7-9-12(3)19-18(23)16-10-15-14(5)21-22(6)17(15)20-13(16)4/h10-12H,7-9H2,1-6H3,(H,19,23). The number of pyridine rings is 1. The monoisotopic (exact) mass is 316 g/mol. The molecule has 1 atom stereocenters. The van der Waals surface area contributed by atoms with Crippen LogP contribution in [0.2, 0.25) is 0 Å². The average molecular weight is 316 g/mol. The first-order valence-corrected chi connectivity index (χ1v) is 8.41. The highest BCUT2D eigenvalue weighted by atomic mass is 16.1. The summed E-state index contributed by atoms with van der Waals surface area (Å²) in [5, 5.41) is 8.41. The zero-order valence-electron chi connectivity index (χ0n) is 15.1. The molecular weight excluding hydrogens is 288 g/mol. The second-order valence-corrected chi connectivity index (χ2v) is 6.90. The van der Waals surface area contributed by atoms with Gasteiger partial charge in [0.05, 0.1) is 17.0 Å². The first kappa shape index (κ1) is 17.4. The maximum Gasteiger partial charge on any atom is 0.253 e. The molecule has 5 heteroatoms. The molecule has 2 aromatic heterocycles. The smallest absolute Gasteiger partial charge is 0.253 e. The Labute approximate surface area is 138 Å². The molecule has 2 aromatic rings. The van der Waals surface area contributed by atoms with E-state index in [2.05, 4.69) is 36.2 Å². The maximum absolute atomic E-state index is 12.6. The Morgan fingerprint density at radius 1 is 1.22 bits per heavy atom. The van der Waals surface area contributed by atoms with Crippen molar-refractivity contribution in [2.24, 2.45) is 13.0 Å². The van der Waals surface area contributed by atoms with Crippen LogP contribution in [0, 0.1) is 19.8 Å². The number of hydrogen-bond donors (Lipinski definition) is 1. The summed E-state index contributed by atoms with van der Waals surface area (Å²) in [7, 11) is 1.87. The Morgan fingerprint density at radius 3 is 2.57 bits per heavy atom. The van der Waals surface area contributed by atoms with Gasteiger partial charge in [-0.3, -0.25) is 9.48 Å². The van der Waals surface area contributed by atoms with Gasteiger partial charge >= 0.3 is 0 Å². The molecule has 0 saturated heterocycles. The van der Waals surface area contributed by atoms with Gasteiger partial charge in [0.25, 0.3) is 5.91 Å². The zero-order chi connectivity index (χ0) is 17.1. The fourth-order valence-corrected chi connectivity index (χ4v) is 2.87. The largest absolute Gasteiger partial charge is 0.350 e. The fourth-order valence-electron chi connectivity index (χ4n) is 2.87. The van der Waals surface area contributed by atoms with Crippen LogP contribution in [0.5, 0.6) is 0 Å². The fraction of sp³-hybridized carbons (Fsp3) is 0.611. The summed E-state index contributed by atoms with van der Waals surface area (Å²) in [4.78, 5) is 17.1. The third kappa shape index (κ3) is 4.09. The second-order valence-electron chi connectivity index (χ2n) is 6.90. The predicted octanol–water partition coefficient (Wildman–Crippen LogP) is 3.53. The van der Waals surface area contributed by atoms with E-state index in [1.165, 1.54) is 6.42 Å². The van der Waals surface area contributed by atoms with Crippen molar-refractivity contribution in [3.63, 3.8) is 0 Å². The Balaban J connectivity index is 2.11. The summed E-state index contributed by atoms with van der Waals surface area (Å²) in [6.45, 7) is 10.3. The lowest BCUT2D eigenvalue weighted by atomic mass is 10.0. The molecule has 1 N–H and O–H groups in total. The summed E-state index contributed by atoms with van der Waals surface area (Å²) in [6, 6.07) is 2.09. The molecule has 0 aliphatic heterocycles. The van der Waals surface area contributed by atoms with E-state index in [1.807, 2.05) is 27.0 Å². The molecule has 0 aliphatic carbocycles. The number of carbonyl (C=O) groups excluding carboxylic acids is 1. The van der Waals surface area contributed by atoms with Crippen molar-refractivity contribution in [1.82, 2.24) is 20.1 Å². The van der Waals surface area contributed by atoms with Crippen LogP contribution in [0.4, 0.5) is 0 Å². The molecule has 23 heavy (non-hydrogen) atoms. The van der Waals surface area contributed by atoms with E-state index in [9.17, 15) is 4.79 Å². The topological polar surface area (TPSA) is 59.8 Å². The predicted molar refractivity (Wildman–Crippen MR) is 93.6 cm³/mol. The van der Waals surface area contributed by atoms with Gasteiger partial charge in [-0.1, -0.05) is 26.7 Å². The molecule has 1 amide bonds. The van der Waals surface area contributed by atoms with E-state index >= 15 is 0 Å². The van der Waals surface area contributed by atoms with Crippen molar-refractivity contribution in [2.45, 2.75) is 59.9 Å². The van der Waals surface area contributed by atoms with Gasteiger partial charge in [-0.15, -0.1) is 0 Å². The minimum atomic E-state index is -0.0443. The summed E-state index contributed by atoms with van der Waals surface area (Å²) >= 11 is 0. The number of hydrogen-bond acceptors (Lipinski definition) is 3. The van der Waals surface area contributed by atoms with E-state index in [1.54, 1.807) is 4.68 Å². The molecule has 0 saturated carbocycles. The molecule has 0 bridgehead atoms. The van der Waals surface area contributed by atoms with Gasteiger partial charge in [0.15, 0.2) is 5.65 Å². The lowest BCUT2D eigenvalue weighted by Crippen LogP contribution is -2.33. The Morgan fingerprint density at radius 2 is 1.91 bits per heavy atom. The molecule has 0 aliphatic rings. The quantitative estimate of drug-likeness (QED) is 0.887. The number of carbonyl (C=O) groups is 1. The van der Waals surface area contributed by atoms with Gasteiger partial charge in [-0.2, -0.15) is 5.10 Å². The van der Waals surface area contributed by atoms with Crippen molar-refractivity contribution in [1.29, 1.82) is 0 Å². The number of aryl methyl sites for hydroxylation is 3. The number of fused-ring (bicyclic) bond motifs is 1. The summed E-state index contributed by atoms with van der Waals surface area (Å²) in [5.41, 5.74) is 3.10. The highest BCUT2D eigenvalue weighted by Crippen LogP contribution is 2.19. The van der Waals surface area contributed by atoms with Crippen LogP contribution in [-0.2, 0) is 7.05 Å². The van der Waals surface area contributed by atoms with Crippen LogP contribution in [0.15, 0.2) is 6.07 Å². The van der Waals surface area contributed by atoms with Gasteiger partial charge in [-0.25, -0.2) is 4.98 Å². The third-order valence-electron chi connectivity index (χ3n) is 4.23. The molecule has 0 aromatic carbocycles. The van der Waals surface area contributed by atoms with Crippen molar-refractivity contribution in [3.05, 3.63) is 23.0 Å². The molecule has 5 nitrogen and oxygen atoms in total. The first-order valence-electron chi connectivity index (χ1n) is 8.41. The van der Waals surface area contributed by atoms with Gasteiger partial charge in [0.1, 0.15) is 0 Å². The van der Waals surface area contributed by atoms with Crippen molar-refractivity contribution in [2.75, 3.05) is 0 Å². The molecule has 2 heterocycles. The number of rotatable bonds is 6. The first-order chi connectivity index (χ1) is 10.8. The minimum absolute atomic E-state index is 0.0443. The summed E-state index contributed by atoms with van der Waals surface area (Å²) in [5.74, 6) is 0.664. The number of nitrogens with zero attached hydrogens (tertiary/aromatic N) is 3. The van der Waals surface area contributed by atoms with Crippen LogP contribution in [0.3, 0.4) is 0 Å². The Kier molecular flexibility index (Phi) is 5.39. The summed E-state index contributed by atoms with van der Waals surface area (Å²) in [6.07, 6.45) is 3.34. The molecule has 0 radical (unpaired) electrons. The van der Waals surface area contributed by atoms with Crippen molar-refractivity contribution < 1.29 is 4.79 Å². The van der Waals surface area contributed by atoms with Crippen LogP contribution < -0.4 is 5.32 Å². The Hall–Kier alpha value is -1.91. The molecule has 126 valence electrons. The highest BCUT2D eigenvalue weighted by Gasteiger charge is 2.16. The van der Waals surface area contributed by atoms with Gasteiger partial charge < -0.3 is 5.32 Å². The van der Waals surface area contributed by atoms with E-state index < -0.39 is 0 Å². The third-order valence-corrected chi connectivity index (χ3v) is 4.23. The normalized spacial score (nSPS) is 12.8. The number of amides is 1. The van der Waals surface area contributed by atoms with Gasteiger partial charge in [-0.05, 0) is 39.2 Å². The van der Waals surface area contributed by atoms with E-state index in [0.717, 1.165) is 35.3 Å². The van der Waals surface area contributed by atoms with Crippen LogP contribution in [0.25, 0.3) is 11.0 Å². The Bertz CT molecular complexity index is 703. The molecular formula is C18H28N4O. The highest BCUT2D eigenvalue weighted by molar-refractivity contribution is 5.98. The van der Waals surface area contributed by atoms with Crippen molar-refractivity contribution in [3.8, 4) is 0 Å².